The predicted octanol–water partition coefficient (Wildman–Crippen LogP) is 0.884. The van der Waals surface area contributed by atoms with Crippen LogP contribution in [0.3, 0.4) is 0 Å². The first-order valence-electron chi connectivity index (χ1n) is 5.86. The molecule has 0 atom stereocenters. The third-order valence-corrected chi connectivity index (χ3v) is 3.62. The number of ether oxygens (including phenoxy) is 1. The van der Waals surface area contributed by atoms with Gasteiger partial charge in [0.1, 0.15) is 0 Å². The van der Waals surface area contributed by atoms with E-state index in [4.69, 9.17) is 10.5 Å². The molecule has 2 rings (SSSR count). The Labute approximate surface area is 86.4 Å². The monoisotopic (exact) mass is 198 g/mol. The summed E-state index contributed by atoms with van der Waals surface area (Å²) < 4.78 is 5.25. The lowest BCUT2D eigenvalue weighted by atomic mass is 9.85. The van der Waals surface area contributed by atoms with Crippen molar-refractivity contribution in [2.45, 2.75) is 38.1 Å². The minimum atomic E-state index is 0.261. The van der Waals surface area contributed by atoms with E-state index in [1.54, 1.807) is 0 Å². The van der Waals surface area contributed by atoms with Gasteiger partial charge in [-0.3, -0.25) is 0 Å². The van der Waals surface area contributed by atoms with Gasteiger partial charge in [0.2, 0.25) is 0 Å². The third kappa shape index (κ3) is 2.27. The summed E-state index contributed by atoms with van der Waals surface area (Å²) in [6, 6.07) is 0.743. The molecule has 0 amide bonds. The van der Waals surface area contributed by atoms with Crippen LogP contribution < -0.4 is 11.1 Å². The van der Waals surface area contributed by atoms with Crippen molar-refractivity contribution in [3.8, 4) is 0 Å². The quantitative estimate of drug-likeness (QED) is 0.705. The lowest BCUT2D eigenvalue weighted by Crippen LogP contribution is -2.55. The first kappa shape index (κ1) is 10.4. The first-order chi connectivity index (χ1) is 6.85. The van der Waals surface area contributed by atoms with Gasteiger partial charge in [0, 0.05) is 24.5 Å². The van der Waals surface area contributed by atoms with Crippen molar-refractivity contribution in [1.29, 1.82) is 0 Å². The molecule has 0 radical (unpaired) electrons. The van der Waals surface area contributed by atoms with Crippen molar-refractivity contribution >= 4 is 0 Å². The molecule has 0 aromatic carbocycles. The highest BCUT2D eigenvalue weighted by Gasteiger charge is 2.37. The predicted molar refractivity (Wildman–Crippen MR) is 57.2 cm³/mol. The molecule has 0 bridgehead atoms. The molecule has 2 fully saturated rings. The Morgan fingerprint density at radius 2 is 1.93 bits per heavy atom. The minimum absolute atomic E-state index is 0.261. The van der Waals surface area contributed by atoms with E-state index in [-0.39, 0.29) is 5.41 Å². The fraction of sp³-hybridized carbons (Fsp3) is 1.00. The molecule has 3 nitrogen and oxygen atoms in total. The van der Waals surface area contributed by atoms with Gasteiger partial charge in [0.25, 0.3) is 0 Å². The van der Waals surface area contributed by atoms with Crippen LogP contribution >= 0.6 is 0 Å². The van der Waals surface area contributed by atoms with Gasteiger partial charge in [-0.2, -0.15) is 0 Å². The smallest absolute Gasteiger partial charge is 0.0569 e. The first-order valence-corrected chi connectivity index (χ1v) is 5.86. The zero-order valence-electron chi connectivity index (χ0n) is 8.93. The number of nitrogens with two attached hydrogens (primary N) is 1. The van der Waals surface area contributed by atoms with E-state index in [1.807, 2.05) is 0 Å². The van der Waals surface area contributed by atoms with E-state index in [9.17, 15) is 0 Å². The van der Waals surface area contributed by atoms with E-state index in [1.165, 1.54) is 32.1 Å². The molecule has 0 unspecified atom stereocenters. The summed E-state index contributed by atoms with van der Waals surface area (Å²) in [6.45, 7) is 3.51. The lowest BCUT2D eigenvalue weighted by molar-refractivity contribution is -0.106. The maximum absolute atomic E-state index is 5.76. The van der Waals surface area contributed by atoms with Gasteiger partial charge in [0.05, 0.1) is 13.2 Å². The molecule has 82 valence electrons. The number of hydrogen-bond acceptors (Lipinski definition) is 3. The summed E-state index contributed by atoms with van der Waals surface area (Å²) in [5, 5.41) is 3.66. The summed E-state index contributed by atoms with van der Waals surface area (Å²) in [4.78, 5) is 0. The van der Waals surface area contributed by atoms with E-state index in [0.717, 1.165) is 32.3 Å². The van der Waals surface area contributed by atoms with Crippen LogP contribution in [0.2, 0.25) is 0 Å². The molecule has 0 spiro atoms. The van der Waals surface area contributed by atoms with Crippen molar-refractivity contribution in [2.24, 2.45) is 11.1 Å². The Morgan fingerprint density at radius 3 is 2.43 bits per heavy atom. The highest BCUT2D eigenvalue weighted by molar-refractivity contribution is 4.90. The standard InChI is InChI=1S/C11H22N2O/c12-6-11(8-14-9-11)7-13-10-4-2-1-3-5-10/h10,13H,1-9,12H2. The average Bonchev–Trinajstić information content (AvgIpc) is 2.19. The van der Waals surface area contributed by atoms with Gasteiger partial charge in [-0.05, 0) is 12.8 Å². The summed E-state index contributed by atoms with van der Waals surface area (Å²) in [5.41, 5.74) is 6.03. The van der Waals surface area contributed by atoms with Crippen LogP contribution in [0.1, 0.15) is 32.1 Å². The average molecular weight is 198 g/mol. The second-order valence-corrected chi connectivity index (χ2v) is 4.91. The van der Waals surface area contributed by atoms with Crippen molar-refractivity contribution in [3.05, 3.63) is 0 Å². The SMILES string of the molecule is NCC1(CNC2CCCCC2)COC1. The van der Waals surface area contributed by atoms with E-state index in [0.29, 0.717) is 0 Å². The van der Waals surface area contributed by atoms with Gasteiger partial charge in [0.15, 0.2) is 0 Å². The normalized spacial score (nSPS) is 27.2. The van der Waals surface area contributed by atoms with Crippen LogP contribution in [-0.4, -0.2) is 32.3 Å². The van der Waals surface area contributed by atoms with Crippen molar-refractivity contribution < 1.29 is 4.74 Å². The molecule has 3 heteroatoms. The molecule has 3 N–H and O–H groups in total. The summed E-state index contributed by atoms with van der Waals surface area (Å²) in [7, 11) is 0. The Kier molecular flexibility index (Phi) is 3.42. The highest BCUT2D eigenvalue weighted by Crippen LogP contribution is 2.26. The zero-order chi connectivity index (χ0) is 9.86. The van der Waals surface area contributed by atoms with Gasteiger partial charge < -0.3 is 15.8 Å². The fourth-order valence-corrected chi connectivity index (χ4v) is 2.35. The molecule has 1 saturated carbocycles. The summed E-state index contributed by atoms with van der Waals surface area (Å²) in [6.07, 6.45) is 6.90. The van der Waals surface area contributed by atoms with Crippen LogP contribution in [-0.2, 0) is 4.74 Å². The molecule has 0 aromatic heterocycles. The molecule has 1 aliphatic carbocycles. The van der Waals surface area contributed by atoms with Crippen molar-refractivity contribution in [3.63, 3.8) is 0 Å². The van der Waals surface area contributed by atoms with Crippen molar-refractivity contribution in [2.75, 3.05) is 26.3 Å². The molecule has 14 heavy (non-hydrogen) atoms. The van der Waals surface area contributed by atoms with Crippen LogP contribution in [0, 0.1) is 5.41 Å². The Balaban J connectivity index is 1.69. The maximum Gasteiger partial charge on any atom is 0.0569 e. The number of hydrogen-bond donors (Lipinski definition) is 2. The van der Waals surface area contributed by atoms with Gasteiger partial charge in [-0.1, -0.05) is 19.3 Å². The van der Waals surface area contributed by atoms with E-state index >= 15 is 0 Å². The number of nitrogens with one attached hydrogen (secondary N) is 1. The summed E-state index contributed by atoms with van der Waals surface area (Å²) in [5.74, 6) is 0. The fourth-order valence-electron chi connectivity index (χ4n) is 2.35. The number of rotatable bonds is 4. The maximum atomic E-state index is 5.76. The topological polar surface area (TPSA) is 47.3 Å². The zero-order valence-corrected chi connectivity index (χ0v) is 8.93. The largest absolute Gasteiger partial charge is 0.380 e. The molecule has 1 heterocycles. The lowest BCUT2D eigenvalue weighted by Gasteiger charge is -2.42. The van der Waals surface area contributed by atoms with Crippen LogP contribution in [0.15, 0.2) is 0 Å². The molecule has 1 saturated heterocycles. The van der Waals surface area contributed by atoms with E-state index in [2.05, 4.69) is 5.32 Å². The van der Waals surface area contributed by atoms with Crippen molar-refractivity contribution in [1.82, 2.24) is 5.32 Å². The Hall–Kier alpha value is -0.120. The molecule has 0 aromatic rings. The highest BCUT2D eigenvalue weighted by atomic mass is 16.5. The molecular formula is C11H22N2O. The van der Waals surface area contributed by atoms with E-state index < -0.39 is 0 Å². The molecule has 1 aliphatic heterocycles. The van der Waals surface area contributed by atoms with Gasteiger partial charge >= 0.3 is 0 Å². The minimum Gasteiger partial charge on any atom is -0.380 e. The Bertz CT molecular complexity index is 169. The molecular weight excluding hydrogens is 176 g/mol. The van der Waals surface area contributed by atoms with Crippen LogP contribution in [0.25, 0.3) is 0 Å². The van der Waals surface area contributed by atoms with Gasteiger partial charge in [-0.15, -0.1) is 0 Å². The summed E-state index contributed by atoms with van der Waals surface area (Å²) >= 11 is 0. The third-order valence-electron chi connectivity index (χ3n) is 3.62. The van der Waals surface area contributed by atoms with Gasteiger partial charge in [-0.25, -0.2) is 0 Å². The van der Waals surface area contributed by atoms with Crippen LogP contribution in [0.4, 0.5) is 0 Å². The molecule has 2 aliphatic rings. The Morgan fingerprint density at radius 1 is 1.21 bits per heavy atom. The second kappa shape index (κ2) is 4.60. The second-order valence-electron chi connectivity index (χ2n) is 4.91. The van der Waals surface area contributed by atoms with Crippen LogP contribution in [0.5, 0.6) is 0 Å².